The maximum atomic E-state index is 14.2. The van der Waals surface area contributed by atoms with E-state index in [9.17, 15) is 4.39 Å². The third-order valence-corrected chi connectivity index (χ3v) is 4.88. The number of benzene rings is 1. The number of nitrogens with zero attached hydrogens (tertiary/aromatic N) is 2. The highest BCUT2D eigenvalue weighted by molar-refractivity contribution is 5.49. The van der Waals surface area contributed by atoms with Gasteiger partial charge >= 0.3 is 0 Å². The third kappa shape index (κ3) is 2.54. The summed E-state index contributed by atoms with van der Waals surface area (Å²) in [6.07, 6.45) is 3.61. The molecule has 2 aliphatic heterocycles. The third-order valence-electron chi connectivity index (χ3n) is 4.88. The lowest BCUT2D eigenvalue weighted by Crippen LogP contribution is -2.52. The lowest BCUT2D eigenvalue weighted by Gasteiger charge is -2.46. The van der Waals surface area contributed by atoms with Gasteiger partial charge in [-0.25, -0.2) is 4.39 Å². The van der Waals surface area contributed by atoms with Crippen LogP contribution in [-0.4, -0.2) is 42.7 Å². The highest BCUT2D eigenvalue weighted by atomic mass is 19.1. The van der Waals surface area contributed by atoms with Crippen molar-refractivity contribution in [3.63, 3.8) is 0 Å². The largest absolute Gasteiger partial charge is 0.392 e. The van der Waals surface area contributed by atoms with E-state index in [1.54, 1.807) is 0 Å². The van der Waals surface area contributed by atoms with Crippen molar-refractivity contribution in [2.75, 3.05) is 31.6 Å². The molecule has 110 valence electrons. The summed E-state index contributed by atoms with van der Waals surface area (Å²) in [5.74, 6) is 0.443. The predicted octanol–water partition coefficient (Wildman–Crippen LogP) is 2.24. The molecule has 0 spiro atoms. The van der Waals surface area contributed by atoms with Crippen LogP contribution in [0.15, 0.2) is 18.2 Å². The Morgan fingerprint density at radius 3 is 2.90 bits per heavy atom. The van der Waals surface area contributed by atoms with Crippen LogP contribution in [-0.2, 0) is 6.61 Å². The van der Waals surface area contributed by atoms with Crippen LogP contribution in [0.1, 0.15) is 24.8 Å². The van der Waals surface area contributed by atoms with Crippen LogP contribution in [0.5, 0.6) is 0 Å². The molecule has 2 unspecified atom stereocenters. The maximum absolute atomic E-state index is 14.2. The van der Waals surface area contributed by atoms with E-state index in [1.165, 1.54) is 25.5 Å². The fourth-order valence-electron chi connectivity index (χ4n) is 3.78. The fourth-order valence-corrected chi connectivity index (χ4v) is 3.78. The zero-order valence-electron chi connectivity index (χ0n) is 12.1. The summed E-state index contributed by atoms with van der Waals surface area (Å²) in [6, 6.07) is 5.75. The van der Waals surface area contributed by atoms with Gasteiger partial charge in [0.1, 0.15) is 5.82 Å². The van der Waals surface area contributed by atoms with Gasteiger partial charge in [0.25, 0.3) is 0 Å². The van der Waals surface area contributed by atoms with Gasteiger partial charge in [-0.1, -0.05) is 6.07 Å². The van der Waals surface area contributed by atoms with Gasteiger partial charge in [-0.05, 0) is 56.5 Å². The number of aliphatic hydroxyl groups is 1. The van der Waals surface area contributed by atoms with Gasteiger partial charge in [0.15, 0.2) is 0 Å². The van der Waals surface area contributed by atoms with Crippen LogP contribution in [0.2, 0.25) is 0 Å². The quantitative estimate of drug-likeness (QED) is 0.899. The molecule has 1 N–H and O–H groups in total. The zero-order valence-corrected chi connectivity index (χ0v) is 12.1. The minimum atomic E-state index is -0.209. The van der Waals surface area contributed by atoms with E-state index < -0.39 is 0 Å². The summed E-state index contributed by atoms with van der Waals surface area (Å²) in [4.78, 5) is 4.65. The van der Waals surface area contributed by atoms with E-state index >= 15 is 0 Å². The van der Waals surface area contributed by atoms with Gasteiger partial charge in [0.05, 0.1) is 12.3 Å². The van der Waals surface area contributed by atoms with Crippen molar-refractivity contribution >= 4 is 5.69 Å². The fraction of sp³-hybridized carbons (Fsp3) is 0.625. The number of halogens is 1. The monoisotopic (exact) mass is 278 g/mol. The van der Waals surface area contributed by atoms with Crippen molar-refractivity contribution in [1.82, 2.24) is 4.90 Å². The number of rotatable bonds is 2. The molecule has 2 atom stereocenters. The smallest absolute Gasteiger partial charge is 0.146 e. The van der Waals surface area contributed by atoms with Gasteiger partial charge in [-0.2, -0.15) is 0 Å². The molecule has 0 aliphatic carbocycles. The van der Waals surface area contributed by atoms with Crippen LogP contribution >= 0.6 is 0 Å². The highest BCUT2D eigenvalue weighted by Crippen LogP contribution is 2.33. The highest BCUT2D eigenvalue weighted by Gasteiger charge is 2.34. The first kappa shape index (κ1) is 13.8. The van der Waals surface area contributed by atoms with Crippen LogP contribution in [0.3, 0.4) is 0 Å². The second-order valence-electron chi connectivity index (χ2n) is 6.13. The molecule has 0 radical (unpaired) electrons. The first-order chi connectivity index (χ1) is 9.69. The molecule has 1 aromatic carbocycles. The van der Waals surface area contributed by atoms with Crippen molar-refractivity contribution in [3.8, 4) is 0 Å². The Hall–Kier alpha value is -1.13. The summed E-state index contributed by atoms with van der Waals surface area (Å²) in [5.41, 5.74) is 1.33. The molecular formula is C16H23FN2O. The Kier molecular flexibility index (Phi) is 3.94. The Balaban J connectivity index is 1.76. The van der Waals surface area contributed by atoms with Crippen molar-refractivity contribution in [2.45, 2.75) is 31.9 Å². The summed E-state index contributed by atoms with van der Waals surface area (Å²) in [7, 11) is 2.21. The van der Waals surface area contributed by atoms with Gasteiger partial charge in [-0.3, -0.25) is 0 Å². The van der Waals surface area contributed by atoms with Gasteiger partial charge in [0, 0.05) is 19.1 Å². The van der Waals surface area contributed by atoms with Gasteiger partial charge < -0.3 is 14.9 Å². The summed E-state index contributed by atoms with van der Waals surface area (Å²) in [6.45, 7) is 2.96. The van der Waals surface area contributed by atoms with Crippen LogP contribution in [0.25, 0.3) is 0 Å². The zero-order chi connectivity index (χ0) is 14.1. The van der Waals surface area contributed by atoms with E-state index in [0.717, 1.165) is 19.5 Å². The molecule has 2 aliphatic rings. The average Bonchev–Trinajstić information content (AvgIpc) is 2.47. The van der Waals surface area contributed by atoms with E-state index in [-0.39, 0.29) is 12.4 Å². The lowest BCUT2D eigenvalue weighted by atomic mass is 9.84. The molecule has 2 saturated heterocycles. The first-order valence-corrected chi connectivity index (χ1v) is 7.53. The predicted molar refractivity (Wildman–Crippen MR) is 78.3 cm³/mol. The van der Waals surface area contributed by atoms with Gasteiger partial charge in [0.2, 0.25) is 0 Å². The van der Waals surface area contributed by atoms with Crippen molar-refractivity contribution in [1.29, 1.82) is 0 Å². The van der Waals surface area contributed by atoms with Crippen LogP contribution < -0.4 is 4.90 Å². The minimum absolute atomic E-state index is 0.104. The van der Waals surface area contributed by atoms with Crippen molar-refractivity contribution < 1.29 is 9.50 Å². The topological polar surface area (TPSA) is 26.7 Å². The van der Waals surface area contributed by atoms with Gasteiger partial charge in [-0.15, -0.1) is 0 Å². The summed E-state index contributed by atoms with van der Waals surface area (Å²) < 4.78 is 14.2. The summed E-state index contributed by atoms with van der Waals surface area (Å²) >= 11 is 0. The number of fused-ring (bicyclic) bond motifs is 1. The number of aliphatic hydroxyl groups excluding tert-OH is 1. The Morgan fingerprint density at radius 2 is 2.15 bits per heavy atom. The SMILES string of the molecule is CN1CCCC2CN(c3ccc(CO)cc3F)CCC21. The number of piperidine rings is 2. The van der Waals surface area contributed by atoms with Crippen molar-refractivity contribution in [2.24, 2.45) is 5.92 Å². The molecule has 3 rings (SSSR count). The number of hydrogen-bond donors (Lipinski definition) is 1. The molecule has 2 heterocycles. The lowest BCUT2D eigenvalue weighted by molar-refractivity contribution is 0.102. The second kappa shape index (κ2) is 5.70. The Labute approximate surface area is 120 Å². The Morgan fingerprint density at radius 1 is 1.30 bits per heavy atom. The van der Waals surface area contributed by atoms with E-state index in [2.05, 4.69) is 16.8 Å². The summed E-state index contributed by atoms with van der Waals surface area (Å²) in [5, 5.41) is 9.06. The normalized spacial score (nSPS) is 27.4. The average molecular weight is 278 g/mol. The molecule has 1 aromatic rings. The molecule has 20 heavy (non-hydrogen) atoms. The molecule has 3 nitrogen and oxygen atoms in total. The van der Waals surface area contributed by atoms with E-state index in [1.807, 2.05) is 12.1 Å². The molecule has 0 aromatic heterocycles. The Bertz CT molecular complexity index is 480. The maximum Gasteiger partial charge on any atom is 0.146 e. The second-order valence-corrected chi connectivity index (χ2v) is 6.13. The molecule has 0 bridgehead atoms. The molecule has 2 fully saturated rings. The molecule has 0 amide bonds. The molecule has 0 saturated carbocycles. The van der Waals surface area contributed by atoms with Crippen LogP contribution in [0.4, 0.5) is 10.1 Å². The first-order valence-electron chi connectivity index (χ1n) is 7.53. The minimum Gasteiger partial charge on any atom is -0.392 e. The van der Waals surface area contributed by atoms with Crippen molar-refractivity contribution in [3.05, 3.63) is 29.6 Å². The van der Waals surface area contributed by atoms with E-state index in [4.69, 9.17) is 5.11 Å². The number of hydrogen-bond acceptors (Lipinski definition) is 3. The van der Waals surface area contributed by atoms with Crippen LogP contribution in [0, 0.1) is 11.7 Å². The standard InChI is InChI=1S/C16H23FN2O/c1-18-7-2-3-13-10-19(8-6-15(13)18)16-5-4-12(11-20)9-14(16)17/h4-5,9,13,15,20H,2-3,6-8,10-11H2,1H3. The molecule has 4 heteroatoms. The molecular weight excluding hydrogens is 255 g/mol. The number of anilines is 1. The number of likely N-dealkylation sites (tertiary alicyclic amines) is 1. The van der Waals surface area contributed by atoms with E-state index in [0.29, 0.717) is 23.2 Å².